The maximum atomic E-state index is 10.6. The molecule has 0 amide bonds. The summed E-state index contributed by atoms with van der Waals surface area (Å²) in [4.78, 5) is 10.3. The zero-order chi connectivity index (χ0) is 11.5. The van der Waals surface area contributed by atoms with Crippen LogP contribution < -0.4 is 5.32 Å². The molecule has 0 aromatic heterocycles. The minimum atomic E-state index is -0.328. The Morgan fingerprint density at radius 1 is 1.56 bits per heavy atom. The van der Waals surface area contributed by atoms with Crippen molar-refractivity contribution in [1.29, 1.82) is 0 Å². The lowest BCUT2D eigenvalue weighted by atomic mass is 10.1. The number of nitro groups is 1. The van der Waals surface area contributed by atoms with E-state index in [2.05, 4.69) is 12.2 Å². The number of nitrogens with zero attached hydrogens (tertiary/aromatic N) is 1. The van der Waals surface area contributed by atoms with Gasteiger partial charge in [0, 0.05) is 12.1 Å². The second kappa shape index (κ2) is 4.61. The Bertz CT molecular complexity index is 392. The van der Waals surface area contributed by atoms with Gasteiger partial charge in [-0.15, -0.1) is 0 Å². The molecule has 0 saturated heterocycles. The van der Waals surface area contributed by atoms with Crippen LogP contribution in [0.4, 0.5) is 5.69 Å². The van der Waals surface area contributed by atoms with Gasteiger partial charge in [-0.05, 0) is 36.9 Å². The van der Waals surface area contributed by atoms with Gasteiger partial charge in [0.05, 0.1) is 4.92 Å². The van der Waals surface area contributed by atoms with Crippen molar-refractivity contribution < 1.29 is 4.92 Å². The molecule has 2 rings (SSSR count). The highest BCUT2D eigenvalue weighted by Gasteiger charge is 2.38. The number of nitrogens with one attached hydrogen (secondary N) is 1. The van der Waals surface area contributed by atoms with E-state index >= 15 is 0 Å². The molecule has 0 heterocycles. The maximum absolute atomic E-state index is 10.6. The average molecular weight is 220 g/mol. The van der Waals surface area contributed by atoms with E-state index in [1.165, 1.54) is 0 Å². The molecule has 1 N–H and O–H groups in total. The van der Waals surface area contributed by atoms with Crippen LogP contribution in [-0.4, -0.2) is 18.0 Å². The van der Waals surface area contributed by atoms with E-state index in [1.807, 2.05) is 6.07 Å². The number of benzene rings is 1. The van der Waals surface area contributed by atoms with Gasteiger partial charge in [-0.1, -0.05) is 19.1 Å². The van der Waals surface area contributed by atoms with Gasteiger partial charge in [0.1, 0.15) is 0 Å². The predicted molar refractivity (Wildman–Crippen MR) is 62.5 cm³/mol. The Labute approximate surface area is 94.8 Å². The second-order valence-electron chi connectivity index (χ2n) is 4.26. The molecule has 1 saturated carbocycles. The van der Waals surface area contributed by atoms with Crippen LogP contribution >= 0.6 is 0 Å². The predicted octanol–water partition coefficient (Wildman–Crippen LogP) is 2.31. The minimum absolute atomic E-state index is 0.201. The smallest absolute Gasteiger partial charge is 0.269 e. The number of nitro benzene ring substituents is 1. The molecule has 0 bridgehead atoms. The Balaban J connectivity index is 2.01. The number of hydrogen-bond acceptors (Lipinski definition) is 3. The second-order valence-corrected chi connectivity index (χ2v) is 4.26. The summed E-state index contributed by atoms with van der Waals surface area (Å²) >= 11 is 0. The molecule has 16 heavy (non-hydrogen) atoms. The van der Waals surface area contributed by atoms with Crippen LogP contribution in [0.5, 0.6) is 0 Å². The fourth-order valence-corrected chi connectivity index (χ4v) is 2.08. The zero-order valence-corrected chi connectivity index (χ0v) is 9.35. The summed E-state index contributed by atoms with van der Waals surface area (Å²) in [5.41, 5.74) is 1.31. The lowest BCUT2D eigenvalue weighted by Crippen LogP contribution is -2.16. The van der Waals surface area contributed by atoms with Gasteiger partial charge < -0.3 is 5.32 Å². The van der Waals surface area contributed by atoms with Crippen molar-refractivity contribution in [1.82, 2.24) is 5.32 Å². The summed E-state index contributed by atoms with van der Waals surface area (Å²) in [7, 11) is 0. The molecule has 0 aliphatic heterocycles. The molecule has 1 fully saturated rings. The molecular weight excluding hydrogens is 204 g/mol. The molecule has 0 spiro atoms. The summed E-state index contributed by atoms with van der Waals surface area (Å²) < 4.78 is 0. The maximum Gasteiger partial charge on any atom is 0.269 e. The molecule has 1 aromatic carbocycles. The van der Waals surface area contributed by atoms with E-state index in [1.54, 1.807) is 18.2 Å². The fourth-order valence-electron chi connectivity index (χ4n) is 2.08. The van der Waals surface area contributed by atoms with Gasteiger partial charge in [0.15, 0.2) is 0 Å². The Morgan fingerprint density at radius 3 is 3.06 bits per heavy atom. The van der Waals surface area contributed by atoms with Gasteiger partial charge in [0.2, 0.25) is 0 Å². The molecule has 0 radical (unpaired) electrons. The highest BCUT2D eigenvalue weighted by atomic mass is 16.6. The SMILES string of the molecule is CCNCC1CC1c1cccc([N+](=O)[O-])c1. The van der Waals surface area contributed by atoms with Crippen LogP contribution in [0, 0.1) is 16.0 Å². The third kappa shape index (κ3) is 2.39. The average Bonchev–Trinajstić information content (AvgIpc) is 3.06. The van der Waals surface area contributed by atoms with E-state index in [-0.39, 0.29) is 10.6 Å². The van der Waals surface area contributed by atoms with E-state index in [9.17, 15) is 10.1 Å². The van der Waals surface area contributed by atoms with Crippen molar-refractivity contribution in [2.75, 3.05) is 13.1 Å². The normalized spacial score (nSPS) is 23.1. The third-order valence-electron chi connectivity index (χ3n) is 3.09. The first kappa shape index (κ1) is 11.1. The topological polar surface area (TPSA) is 55.2 Å². The van der Waals surface area contributed by atoms with Crippen molar-refractivity contribution in [2.24, 2.45) is 5.92 Å². The molecular formula is C12H16N2O2. The van der Waals surface area contributed by atoms with E-state index < -0.39 is 0 Å². The van der Waals surface area contributed by atoms with Gasteiger partial charge in [0.25, 0.3) is 5.69 Å². The van der Waals surface area contributed by atoms with E-state index in [4.69, 9.17) is 0 Å². The Morgan fingerprint density at radius 2 is 2.38 bits per heavy atom. The van der Waals surface area contributed by atoms with Crippen LogP contribution in [-0.2, 0) is 0 Å². The summed E-state index contributed by atoms with van der Waals surface area (Å²) in [6, 6.07) is 7.02. The lowest BCUT2D eigenvalue weighted by Gasteiger charge is -2.01. The van der Waals surface area contributed by atoms with Gasteiger partial charge in [-0.3, -0.25) is 10.1 Å². The summed E-state index contributed by atoms with van der Waals surface area (Å²) in [6.45, 7) is 4.09. The van der Waals surface area contributed by atoms with Crippen molar-refractivity contribution in [3.05, 3.63) is 39.9 Å². The Hall–Kier alpha value is -1.42. The number of non-ortho nitro benzene ring substituents is 1. The van der Waals surface area contributed by atoms with Crippen LogP contribution in [0.1, 0.15) is 24.8 Å². The van der Waals surface area contributed by atoms with E-state index in [0.29, 0.717) is 11.8 Å². The number of rotatable bonds is 5. The molecule has 4 heteroatoms. The summed E-state index contributed by atoms with van der Waals surface area (Å²) in [5, 5.41) is 14.0. The highest BCUT2D eigenvalue weighted by molar-refractivity contribution is 5.38. The Kier molecular flexibility index (Phi) is 3.19. The first-order chi connectivity index (χ1) is 7.72. The number of hydrogen-bond donors (Lipinski definition) is 1. The largest absolute Gasteiger partial charge is 0.317 e. The quantitative estimate of drug-likeness (QED) is 0.612. The van der Waals surface area contributed by atoms with Gasteiger partial charge in [-0.25, -0.2) is 0 Å². The van der Waals surface area contributed by atoms with E-state index in [0.717, 1.165) is 25.1 Å². The zero-order valence-electron chi connectivity index (χ0n) is 9.35. The lowest BCUT2D eigenvalue weighted by molar-refractivity contribution is -0.384. The van der Waals surface area contributed by atoms with Crippen molar-refractivity contribution in [3.63, 3.8) is 0 Å². The van der Waals surface area contributed by atoms with Gasteiger partial charge in [-0.2, -0.15) is 0 Å². The van der Waals surface area contributed by atoms with Gasteiger partial charge >= 0.3 is 0 Å². The molecule has 86 valence electrons. The van der Waals surface area contributed by atoms with Crippen molar-refractivity contribution in [3.8, 4) is 0 Å². The van der Waals surface area contributed by atoms with Crippen molar-refractivity contribution in [2.45, 2.75) is 19.3 Å². The molecule has 1 aromatic rings. The summed E-state index contributed by atoms with van der Waals surface area (Å²) in [5.74, 6) is 1.17. The molecule has 1 aliphatic carbocycles. The first-order valence-electron chi connectivity index (χ1n) is 5.67. The van der Waals surface area contributed by atoms with Crippen molar-refractivity contribution >= 4 is 5.69 Å². The molecule has 2 atom stereocenters. The van der Waals surface area contributed by atoms with Crippen LogP contribution in [0.15, 0.2) is 24.3 Å². The third-order valence-corrected chi connectivity index (χ3v) is 3.09. The summed E-state index contributed by atoms with van der Waals surface area (Å²) in [6.07, 6.45) is 1.15. The van der Waals surface area contributed by atoms with Crippen LogP contribution in [0.3, 0.4) is 0 Å². The molecule has 1 aliphatic rings. The minimum Gasteiger partial charge on any atom is -0.317 e. The monoisotopic (exact) mass is 220 g/mol. The van der Waals surface area contributed by atoms with Crippen LogP contribution in [0.2, 0.25) is 0 Å². The molecule has 2 unspecified atom stereocenters. The van der Waals surface area contributed by atoms with Crippen LogP contribution in [0.25, 0.3) is 0 Å². The first-order valence-corrected chi connectivity index (χ1v) is 5.67. The standard InChI is InChI=1S/C12H16N2O2/c1-2-13-8-10-7-12(10)9-4-3-5-11(6-9)14(15)16/h3-6,10,12-13H,2,7-8H2,1H3. The highest BCUT2D eigenvalue weighted by Crippen LogP contribution is 2.47. The fraction of sp³-hybridized carbons (Fsp3) is 0.500. The molecule has 4 nitrogen and oxygen atoms in total.